The van der Waals surface area contributed by atoms with Gasteiger partial charge < -0.3 is 9.80 Å². The van der Waals surface area contributed by atoms with Gasteiger partial charge in [0, 0.05) is 57.9 Å². The molecule has 2 aromatic rings. The van der Waals surface area contributed by atoms with E-state index in [0.717, 1.165) is 9.70 Å². The molecule has 2 aromatic heterocycles. The normalized spacial score (nSPS) is 15.0. The van der Waals surface area contributed by atoms with Crippen molar-refractivity contribution in [3.63, 3.8) is 0 Å². The summed E-state index contributed by atoms with van der Waals surface area (Å²) in [7, 11) is 2.90. The fourth-order valence-electron chi connectivity index (χ4n) is 2.57. The van der Waals surface area contributed by atoms with E-state index >= 15 is 0 Å². The Morgan fingerprint density at radius 1 is 1.13 bits per heavy atom. The zero-order valence-electron chi connectivity index (χ0n) is 12.9. The maximum Gasteiger partial charge on any atom is 0.331 e. The highest BCUT2D eigenvalue weighted by molar-refractivity contribution is 7.13. The van der Waals surface area contributed by atoms with E-state index in [0.29, 0.717) is 26.2 Å². The number of anilines is 1. The van der Waals surface area contributed by atoms with Gasteiger partial charge in [-0.05, 0) is 0 Å². The molecule has 1 saturated heterocycles. The molecule has 0 spiro atoms. The predicted molar refractivity (Wildman–Crippen MR) is 87.2 cm³/mol. The molecule has 1 fully saturated rings. The lowest BCUT2D eigenvalue weighted by Gasteiger charge is -2.34. The number of piperazine rings is 1. The molecular weight excluding hydrogens is 318 g/mol. The summed E-state index contributed by atoms with van der Waals surface area (Å²) < 4.78 is 2.20. The quantitative estimate of drug-likeness (QED) is 0.739. The summed E-state index contributed by atoms with van der Waals surface area (Å²) in [6, 6.07) is 1.22. The van der Waals surface area contributed by atoms with Crippen LogP contribution in [0, 0.1) is 0 Å². The predicted octanol–water partition coefficient (Wildman–Crippen LogP) is -0.497. The van der Waals surface area contributed by atoms with E-state index in [1.165, 1.54) is 24.7 Å². The van der Waals surface area contributed by atoms with E-state index in [-0.39, 0.29) is 11.6 Å². The smallest absolute Gasteiger partial charge is 0.331 e. The van der Waals surface area contributed by atoms with E-state index in [9.17, 15) is 14.4 Å². The highest BCUT2D eigenvalue weighted by Gasteiger charge is 2.25. The van der Waals surface area contributed by atoms with Crippen LogP contribution in [0.5, 0.6) is 0 Å². The SMILES string of the molecule is Cn1c(C(=O)N2CCN(c3nccs3)CC2)cc(=O)n(C)c1=O. The lowest BCUT2D eigenvalue weighted by atomic mass is 10.2. The summed E-state index contributed by atoms with van der Waals surface area (Å²) in [6.07, 6.45) is 1.76. The molecular formula is C14H17N5O3S. The van der Waals surface area contributed by atoms with Gasteiger partial charge in [0.1, 0.15) is 5.69 Å². The lowest BCUT2D eigenvalue weighted by molar-refractivity contribution is 0.0734. The van der Waals surface area contributed by atoms with Crippen molar-refractivity contribution in [1.82, 2.24) is 19.0 Å². The van der Waals surface area contributed by atoms with E-state index < -0.39 is 11.2 Å². The molecule has 1 aliphatic rings. The highest BCUT2D eigenvalue weighted by Crippen LogP contribution is 2.19. The van der Waals surface area contributed by atoms with Crippen molar-refractivity contribution in [1.29, 1.82) is 0 Å². The van der Waals surface area contributed by atoms with Crippen LogP contribution in [-0.4, -0.2) is 51.1 Å². The Morgan fingerprint density at radius 2 is 1.83 bits per heavy atom. The Morgan fingerprint density at radius 3 is 2.43 bits per heavy atom. The topological polar surface area (TPSA) is 80.4 Å². The van der Waals surface area contributed by atoms with Gasteiger partial charge in [0.05, 0.1) is 0 Å². The first-order valence-electron chi connectivity index (χ1n) is 7.20. The largest absolute Gasteiger partial charge is 0.345 e. The molecule has 3 heterocycles. The van der Waals surface area contributed by atoms with Crippen LogP contribution in [0.1, 0.15) is 10.5 Å². The molecule has 0 unspecified atom stereocenters. The average Bonchev–Trinajstić information content (AvgIpc) is 3.10. The molecule has 8 nitrogen and oxygen atoms in total. The van der Waals surface area contributed by atoms with Crippen molar-refractivity contribution < 1.29 is 4.79 Å². The summed E-state index contributed by atoms with van der Waals surface area (Å²) in [5.74, 6) is -0.291. The molecule has 0 atom stereocenters. The molecule has 0 radical (unpaired) electrons. The number of carbonyl (C=O) groups excluding carboxylic acids is 1. The van der Waals surface area contributed by atoms with Gasteiger partial charge in [0.2, 0.25) is 0 Å². The summed E-state index contributed by atoms with van der Waals surface area (Å²) >= 11 is 1.57. The third-order valence-corrected chi connectivity index (χ3v) is 4.83. The number of amides is 1. The number of hydrogen-bond donors (Lipinski definition) is 0. The number of aromatic nitrogens is 3. The standard InChI is InChI=1S/C14H17N5O3S/c1-16-10(9-11(20)17(2)14(16)22)12(21)18-4-6-19(7-5-18)13-15-3-8-23-13/h3,8-9H,4-7H2,1-2H3. The number of nitrogens with zero attached hydrogens (tertiary/aromatic N) is 5. The molecule has 122 valence electrons. The van der Waals surface area contributed by atoms with Crippen molar-refractivity contribution >= 4 is 22.4 Å². The molecule has 1 aliphatic heterocycles. The van der Waals surface area contributed by atoms with Gasteiger partial charge in [-0.15, -0.1) is 11.3 Å². The first kappa shape index (κ1) is 15.5. The van der Waals surface area contributed by atoms with Crippen LogP contribution in [0.25, 0.3) is 0 Å². The van der Waals surface area contributed by atoms with Crippen LogP contribution < -0.4 is 16.1 Å². The molecule has 1 amide bonds. The van der Waals surface area contributed by atoms with Crippen LogP contribution in [0.2, 0.25) is 0 Å². The fourth-order valence-corrected chi connectivity index (χ4v) is 3.27. The van der Waals surface area contributed by atoms with E-state index in [4.69, 9.17) is 0 Å². The maximum absolute atomic E-state index is 12.6. The second-order valence-electron chi connectivity index (χ2n) is 5.36. The summed E-state index contributed by atoms with van der Waals surface area (Å²) in [5, 5.41) is 2.86. The highest BCUT2D eigenvalue weighted by atomic mass is 32.1. The van der Waals surface area contributed by atoms with Crippen molar-refractivity contribution in [2.75, 3.05) is 31.1 Å². The molecule has 23 heavy (non-hydrogen) atoms. The first-order valence-corrected chi connectivity index (χ1v) is 8.08. The lowest BCUT2D eigenvalue weighted by Crippen LogP contribution is -2.50. The Kier molecular flexibility index (Phi) is 4.03. The van der Waals surface area contributed by atoms with Gasteiger partial charge >= 0.3 is 5.69 Å². The van der Waals surface area contributed by atoms with Crippen molar-refractivity contribution in [2.24, 2.45) is 14.1 Å². The Balaban J connectivity index is 1.78. The van der Waals surface area contributed by atoms with E-state index in [1.807, 2.05) is 5.38 Å². The third kappa shape index (κ3) is 2.79. The van der Waals surface area contributed by atoms with Crippen molar-refractivity contribution in [2.45, 2.75) is 0 Å². The van der Waals surface area contributed by atoms with Gasteiger partial charge in [-0.2, -0.15) is 0 Å². The summed E-state index contributed by atoms with van der Waals surface area (Å²) in [6.45, 7) is 2.42. The van der Waals surface area contributed by atoms with Gasteiger partial charge in [0.15, 0.2) is 5.13 Å². The zero-order valence-corrected chi connectivity index (χ0v) is 13.7. The van der Waals surface area contributed by atoms with Gasteiger partial charge in [0.25, 0.3) is 11.5 Å². The van der Waals surface area contributed by atoms with Crippen molar-refractivity contribution in [3.05, 3.63) is 44.2 Å². The second-order valence-corrected chi connectivity index (χ2v) is 6.24. The number of carbonyl (C=O) groups is 1. The molecule has 0 N–H and O–H groups in total. The second kappa shape index (κ2) is 5.99. The van der Waals surface area contributed by atoms with Crippen molar-refractivity contribution in [3.8, 4) is 0 Å². The number of hydrogen-bond acceptors (Lipinski definition) is 6. The first-order chi connectivity index (χ1) is 11.0. The zero-order chi connectivity index (χ0) is 16.6. The van der Waals surface area contributed by atoms with Crippen LogP contribution >= 0.6 is 11.3 Å². The van der Waals surface area contributed by atoms with Crippen LogP contribution in [0.15, 0.2) is 27.2 Å². The molecule has 0 saturated carbocycles. The molecule has 0 aromatic carbocycles. The molecule has 0 aliphatic carbocycles. The van der Waals surface area contributed by atoms with Crippen LogP contribution in [0.4, 0.5) is 5.13 Å². The molecule has 0 bridgehead atoms. The van der Waals surface area contributed by atoms with Gasteiger partial charge in [-0.1, -0.05) is 0 Å². The summed E-state index contributed by atoms with van der Waals surface area (Å²) in [5.41, 5.74) is -0.846. The maximum atomic E-state index is 12.6. The van der Waals surface area contributed by atoms with Gasteiger partial charge in [-0.3, -0.25) is 18.7 Å². The van der Waals surface area contributed by atoms with E-state index in [1.54, 1.807) is 22.4 Å². The average molecular weight is 335 g/mol. The molecule has 9 heteroatoms. The van der Waals surface area contributed by atoms with E-state index in [2.05, 4.69) is 9.88 Å². The van der Waals surface area contributed by atoms with Crippen LogP contribution in [-0.2, 0) is 14.1 Å². The third-order valence-electron chi connectivity index (χ3n) is 4.00. The Labute approximate surface area is 136 Å². The molecule has 3 rings (SSSR count). The van der Waals surface area contributed by atoms with Crippen LogP contribution in [0.3, 0.4) is 0 Å². The Bertz CT molecular complexity index is 831. The van der Waals surface area contributed by atoms with Gasteiger partial charge in [-0.25, -0.2) is 9.78 Å². The minimum absolute atomic E-state index is 0.126. The Hall–Kier alpha value is -2.42. The number of thiazole rings is 1. The fraction of sp³-hybridized carbons (Fsp3) is 0.429. The minimum atomic E-state index is -0.498. The minimum Gasteiger partial charge on any atom is -0.345 e. The summed E-state index contributed by atoms with van der Waals surface area (Å²) in [4.78, 5) is 44.4. The monoisotopic (exact) mass is 335 g/mol. The number of rotatable bonds is 2.